The smallest absolute Gasteiger partial charge is 0.223 e. The minimum Gasteiger partial charge on any atom is -0.369 e. The van der Waals surface area contributed by atoms with Gasteiger partial charge in [-0.2, -0.15) is 0 Å². The van der Waals surface area contributed by atoms with Crippen molar-refractivity contribution in [3.63, 3.8) is 0 Å². The summed E-state index contributed by atoms with van der Waals surface area (Å²) >= 11 is 6.07. The number of alkyl halides is 1. The zero-order chi connectivity index (χ0) is 14.8. The number of rotatable bonds is 4. The number of benzene rings is 1. The maximum atomic E-state index is 11.3. The quantitative estimate of drug-likeness (QED) is 0.836. The van der Waals surface area contributed by atoms with Crippen LogP contribution in [0.2, 0.25) is 0 Å². The third kappa shape index (κ3) is 2.70. The van der Waals surface area contributed by atoms with E-state index in [1.54, 1.807) is 0 Å². The third-order valence-corrected chi connectivity index (χ3v) is 4.48. The molecule has 1 aromatic carbocycles. The number of fused-ring (bicyclic) bond motifs is 1. The second-order valence-electron chi connectivity index (χ2n) is 5.58. The Morgan fingerprint density at radius 3 is 2.62 bits per heavy atom. The molecule has 1 heterocycles. The molecule has 0 fully saturated rings. The van der Waals surface area contributed by atoms with Crippen LogP contribution < -0.4 is 5.73 Å². The van der Waals surface area contributed by atoms with Gasteiger partial charge in [0.25, 0.3) is 0 Å². The molecule has 0 bridgehead atoms. The number of nitrogens with two attached hydrogens (primary N) is 1. The molecule has 0 spiro atoms. The zero-order valence-corrected chi connectivity index (χ0v) is 12.7. The molecule has 0 atom stereocenters. The summed E-state index contributed by atoms with van der Waals surface area (Å²) in [5.74, 6) is 0.191. The van der Waals surface area contributed by atoms with Gasteiger partial charge in [0.2, 0.25) is 5.91 Å². The second kappa shape index (κ2) is 5.94. The van der Waals surface area contributed by atoms with Crippen molar-refractivity contribution in [2.75, 3.05) is 0 Å². The van der Waals surface area contributed by atoms with Crippen LogP contribution in [-0.4, -0.2) is 10.9 Å². The number of hydrogen-bond acceptors (Lipinski definition) is 1. The van der Waals surface area contributed by atoms with Gasteiger partial charge >= 0.3 is 0 Å². The highest BCUT2D eigenvalue weighted by Gasteiger charge is 2.22. The highest BCUT2D eigenvalue weighted by Crippen LogP contribution is 2.35. The van der Waals surface area contributed by atoms with Crippen LogP contribution in [0.5, 0.6) is 0 Å². The Labute approximate surface area is 129 Å². The average molecular weight is 303 g/mol. The van der Waals surface area contributed by atoms with E-state index in [2.05, 4.69) is 11.1 Å². The lowest BCUT2D eigenvalue weighted by Crippen LogP contribution is -2.15. The Morgan fingerprint density at radius 1 is 1.19 bits per heavy atom. The lowest BCUT2D eigenvalue weighted by Gasteiger charge is -2.14. The van der Waals surface area contributed by atoms with Gasteiger partial charge in [-0.1, -0.05) is 24.3 Å². The highest BCUT2D eigenvalue weighted by molar-refractivity contribution is 6.17. The van der Waals surface area contributed by atoms with Gasteiger partial charge in [0.15, 0.2) is 0 Å². The normalized spacial score (nSPS) is 14.0. The number of hydrogen-bond donors (Lipinski definition) is 2. The number of aromatic amines is 1. The molecule has 3 nitrogen and oxygen atoms in total. The van der Waals surface area contributed by atoms with E-state index in [1.807, 2.05) is 18.2 Å². The van der Waals surface area contributed by atoms with Crippen molar-refractivity contribution < 1.29 is 4.79 Å². The second-order valence-corrected chi connectivity index (χ2v) is 5.84. The minimum atomic E-state index is -0.290. The van der Waals surface area contributed by atoms with Crippen LogP contribution in [0, 0.1) is 0 Å². The molecule has 1 aromatic heterocycles. The van der Waals surface area contributed by atoms with Crippen molar-refractivity contribution in [3.05, 3.63) is 46.6 Å². The summed E-state index contributed by atoms with van der Waals surface area (Å²) in [5.41, 5.74) is 12.4. The summed E-state index contributed by atoms with van der Waals surface area (Å²) in [4.78, 5) is 14.8. The van der Waals surface area contributed by atoms with E-state index in [4.69, 9.17) is 17.3 Å². The number of carbonyl (C=O) groups is 1. The summed E-state index contributed by atoms with van der Waals surface area (Å²) in [5, 5.41) is 0. The van der Waals surface area contributed by atoms with Crippen molar-refractivity contribution >= 4 is 17.5 Å². The van der Waals surface area contributed by atoms with E-state index >= 15 is 0 Å². The zero-order valence-electron chi connectivity index (χ0n) is 11.9. The van der Waals surface area contributed by atoms with Gasteiger partial charge in [0.1, 0.15) is 0 Å². The largest absolute Gasteiger partial charge is 0.369 e. The number of primary amides is 1. The van der Waals surface area contributed by atoms with Crippen molar-refractivity contribution in [2.24, 2.45) is 5.73 Å². The molecule has 21 heavy (non-hydrogen) atoms. The minimum absolute atomic E-state index is 0.283. The van der Waals surface area contributed by atoms with Gasteiger partial charge < -0.3 is 10.7 Å². The molecule has 0 saturated heterocycles. The molecule has 3 rings (SSSR count). The van der Waals surface area contributed by atoms with Crippen LogP contribution in [0.15, 0.2) is 24.3 Å². The molecule has 3 N–H and O–H groups in total. The van der Waals surface area contributed by atoms with E-state index in [1.165, 1.54) is 24.0 Å². The summed E-state index contributed by atoms with van der Waals surface area (Å²) in [6, 6.07) is 8.16. The van der Waals surface area contributed by atoms with Crippen molar-refractivity contribution in [1.82, 2.24) is 4.98 Å². The Hall–Kier alpha value is -1.74. The Balaban J connectivity index is 2.14. The predicted octanol–water partition coefficient (Wildman–Crippen LogP) is 3.33. The fourth-order valence-electron chi connectivity index (χ4n) is 3.25. The van der Waals surface area contributed by atoms with Crippen LogP contribution in [0.4, 0.5) is 0 Å². The number of H-pyrrole nitrogens is 1. The van der Waals surface area contributed by atoms with Crippen LogP contribution in [0.1, 0.15) is 35.2 Å². The first-order chi connectivity index (χ1) is 10.2. The Bertz CT molecular complexity index is 675. The Kier molecular flexibility index (Phi) is 4.02. The summed E-state index contributed by atoms with van der Waals surface area (Å²) < 4.78 is 0. The monoisotopic (exact) mass is 302 g/mol. The summed E-state index contributed by atoms with van der Waals surface area (Å²) in [6.07, 6.45) is 4.73. The van der Waals surface area contributed by atoms with Gasteiger partial charge in [-0.15, -0.1) is 11.6 Å². The topological polar surface area (TPSA) is 58.9 Å². The molecular weight excluding hydrogens is 284 g/mol. The third-order valence-electron chi connectivity index (χ3n) is 4.19. The maximum absolute atomic E-state index is 11.3. The van der Waals surface area contributed by atoms with Gasteiger partial charge in [0, 0.05) is 22.8 Å². The molecule has 0 aliphatic heterocycles. The maximum Gasteiger partial charge on any atom is 0.223 e. The standard InChI is InChI=1S/C17H19ClN2O/c18-10-11-5-1-2-6-12(11)17-14-8-4-3-7-13(14)15(20-17)9-16(19)21/h1-2,5-6,20H,3-4,7-10H2,(H2,19,21). The fourth-order valence-corrected chi connectivity index (χ4v) is 3.48. The van der Waals surface area contributed by atoms with E-state index in [-0.39, 0.29) is 12.3 Å². The summed E-state index contributed by atoms with van der Waals surface area (Å²) in [7, 11) is 0. The average Bonchev–Trinajstić information content (AvgIpc) is 2.85. The number of carbonyl (C=O) groups excluding carboxylic acids is 1. The molecule has 1 aliphatic carbocycles. The molecule has 1 aliphatic rings. The highest BCUT2D eigenvalue weighted by atomic mass is 35.5. The van der Waals surface area contributed by atoms with Crippen molar-refractivity contribution in [2.45, 2.75) is 38.0 Å². The van der Waals surface area contributed by atoms with Crippen molar-refractivity contribution in [3.8, 4) is 11.3 Å². The van der Waals surface area contributed by atoms with Gasteiger partial charge in [-0.3, -0.25) is 4.79 Å². The van der Waals surface area contributed by atoms with E-state index in [9.17, 15) is 4.79 Å². The lowest BCUT2D eigenvalue weighted by molar-refractivity contribution is -0.117. The van der Waals surface area contributed by atoms with Crippen LogP contribution in [0.25, 0.3) is 11.3 Å². The van der Waals surface area contributed by atoms with E-state index in [0.717, 1.165) is 35.4 Å². The molecule has 2 aromatic rings. The van der Waals surface area contributed by atoms with Crippen molar-refractivity contribution in [1.29, 1.82) is 0 Å². The molecule has 4 heteroatoms. The molecule has 0 radical (unpaired) electrons. The molecule has 0 saturated carbocycles. The van der Waals surface area contributed by atoms with Gasteiger partial charge in [0.05, 0.1) is 6.42 Å². The molecule has 0 unspecified atom stereocenters. The first kappa shape index (κ1) is 14.2. The van der Waals surface area contributed by atoms with Crippen LogP contribution in [0.3, 0.4) is 0 Å². The first-order valence-electron chi connectivity index (χ1n) is 7.36. The number of amides is 1. The fraction of sp³-hybridized carbons (Fsp3) is 0.353. The van der Waals surface area contributed by atoms with E-state index < -0.39 is 0 Å². The SMILES string of the molecule is NC(=O)Cc1[nH]c(-c2ccccc2CCl)c2c1CCCC2. The van der Waals surface area contributed by atoms with Gasteiger partial charge in [-0.25, -0.2) is 0 Å². The molecule has 110 valence electrons. The van der Waals surface area contributed by atoms with E-state index in [0.29, 0.717) is 5.88 Å². The van der Waals surface area contributed by atoms with Gasteiger partial charge in [-0.05, 0) is 42.4 Å². The predicted molar refractivity (Wildman–Crippen MR) is 85.3 cm³/mol. The summed E-state index contributed by atoms with van der Waals surface area (Å²) in [6.45, 7) is 0. The first-order valence-corrected chi connectivity index (χ1v) is 7.89. The van der Waals surface area contributed by atoms with Crippen LogP contribution >= 0.6 is 11.6 Å². The number of halogens is 1. The van der Waals surface area contributed by atoms with Crippen LogP contribution in [-0.2, 0) is 29.9 Å². The Morgan fingerprint density at radius 2 is 1.90 bits per heavy atom. The molecule has 1 amide bonds. The number of aromatic nitrogens is 1. The number of nitrogens with one attached hydrogen (secondary N) is 1. The lowest BCUT2D eigenvalue weighted by atomic mass is 9.89. The molecular formula is C17H19ClN2O.